The van der Waals surface area contributed by atoms with Gasteiger partial charge in [0, 0.05) is 12.0 Å². The second kappa shape index (κ2) is 5.60. The molecule has 0 radical (unpaired) electrons. The Kier molecular flexibility index (Phi) is 3.65. The van der Waals surface area contributed by atoms with Gasteiger partial charge in [-0.15, -0.1) is 0 Å². The van der Waals surface area contributed by atoms with Gasteiger partial charge in [-0.2, -0.15) is 0 Å². The second-order valence-corrected chi connectivity index (χ2v) is 5.70. The van der Waals surface area contributed by atoms with E-state index in [0.29, 0.717) is 18.1 Å². The summed E-state index contributed by atoms with van der Waals surface area (Å²) in [4.78, 5) is 0. The van der Waals surface area contributed by atoms with E-state index < -0.39 is 0 Å². The van der Waals surface area contributed by atoms with Crippen molar-refractivity contribution in [2.45, 2.75) is 32.3 Å². The molecule has 0 amide bonds. The van der Waals surface area contributed by atoms with Crippen molar-refractivity contribution in [1.82, 2.24) is 0 Å². The molecule has 1 heterocycles. The van der Waals surface area contributed by atoms with Gasteiger partial charge >= 0.3 is 0 Å². The van der Waals surface area contributed by atoms with Crippen LogP contribution in [0.2, 0.25) is 0 Å². The summed E-state index contributed by atoms with van der Waals surface area (Å²) in [6.45, 7) is 4.34. The van der Waals surface area contributed by atoms with Crippen LogP contribution in [0.3, 0.4) is 0 Å². The van der Waals surface area contributed by atoms with Crippen LogP contribution in [0.25, 0.3) is 0 Å². The van der Waals surface area contributed by atoms with Crippen LogP contribution in [0, 0.1) is 0 Å². The molecule has 1 N–H and O–H groups in total. The number of benzene rings is 2. The molecule has 2 aromatic rings. The molecule has 0 fully saturated rings. The van der Waals surface area contributed by atoms with Gasteiger partial charge in [-0.05, 0) is 23.1 Å². The van der Waals surface area contributed by atoms with Gasteiger partial charge in [0.1, 0.15) is 11.5 Å². The van der Waals surface area contributed by atoms with Crippen molar-refractivity contribution in [3.63, 3.8) is 0 Å². The summed E-state index contributed by atoms with van der Waals surface area (Å²) in [7, 11) is 0. The number of nitrogens with zero attached hydrogens (tertiary/aromatic N) is 1. The molecule has 108 valence electrons. The zero-order valence-electron chi connectivity index (χ0n) is 12.3. The quantitative estimate of drug-likeness (QED) is 0.658. The van der Waals surface area contributed by atoms with Crippen LogP contribution < -0.4 is 4.74 Å². The van der Waals surface area contributed by atoms with Gasteiger partial charge in [0.05, 0.1) is 0 Å². The van der Waals surface area contributed by atoms with Gasteiger partial charge in [0.25, 0.3) is 0 Å². The first-order chi connectivity index (χ1) is 10.2. The smallest absolute Gasteiger partial charge is 0.165 e. The maximum atomic E-state index is 9.30. The highest BCUT2D eigenvalue weighted by Crippen LogP contribution is 2.33. The Balaban J connectivity index is 1.94. The monoisotopic (exact) mass is 281 g/mol. The average Bonchev–Trinajstić information content (AvgIpc) is 2.53. The lowest BCUT2D eigenvalue weighted by Crippen LogP contribution is -2.26. The van der Waals surface area contributed by atoms with Crippen molar-refractivity contribution < 1.29 is 9.94 Å². The van der Waals surface area contributed by atoms with E-state index in [9.17, 15) is 5.21 Å². The minimum Gasteiger partial charge on any atom is -0.479 e. The van der Waals surface area contributed by atoms with Crippen LogP contribution in [0.5, 0.6) is 5.75 Å². The number of oxime groups is 1. The van der Waals surface area contributed by atoms with Crippen LogP contribution in [0.15, 0.2) is 53.7 Å². The van der Waals surface area contributed by atoms with E-state index >= 15 is 0 Å². The number of para-hydroxylation sites is 1. The Bertz CT molecular complexity index is 659. The second-order valence-electron chi connectivity index (χ2n) is 5.70. The van der Waals surface area contributed by atoms with Gasteiger partial charge in [-0.1, -0.05) is 61.5 Å². The Morgan fingerprint density at radius 3 is 2.48 bits per heavy atom. The fourth-order valence-corrected chi connectivity index (χ4v) is 2.65. The lowest BCUT2D eigenvalue weighted by Gasteiger charge is -2.27. The molecule has 1 aliphatic heterocycles. The van der Waals surface area contributed by atoms with E-state index in [-0.39, 0.29) is 6.10 Å². The summed E-state index contributed by atoms with van der Waals surface area (Å²) in [6, 6.07) is 16.2. The number of hydrogen-bond donors (Lipinski definition) is 1. The molecule has 3 nitrogen and oxygen atoms in total. The lowest BCUT2D eigenvalue weighted by molar-refractivity contribution is 0.244. The third-order valence-electron chi connectivity index (χ3n) is 3.93. The first-order valence-electron chi connectivity index (χ1n) is 7.24. The Labute approximate surface area is 124 Å². The van der Waals surface area contributed by atoms with Gasteiger partial charge in [-0.25, -0.2) is 0 Å². The SMILES string of the molecule is CC(C)c1ccc(C2Oc3ccccc3C/C2=N\O)cc1. The van der Waals surface area contributed by atoms with Crippen LogP contribution in [0.4, 0.5) is 0 Å². The molecular weight excluding hydrogens is 262 g/mol. The van der Waals surface area contributed by atoms with Crippen LogP contribution in [0.1, 0.15) is 42.6 Å². The standard InChI is InChI=1S/C18H19NO2/c1-12(2)13-7-9-14(10-8-13)18-16(19-20)11-15-5-3-4-6-17(15)21-18/h3-10,12,18,20H,11H2,1-2H3/b19-16+. The van der Waals surface area contributed by atoms with Crippen molar-refractivity contribution >= 4 is 5.71 Å². The summed E-state index contributed by atoms with van der Waals surface area (Å²) in [5.41, 5.74) is 4.01. The third kappa shape index (κ3) is 2.64. The minimum absolute atomic E-state index is 0.314. The van der Waals surface area contributed by atoms with Crippen LogP contribution in [-0.4, -0.2) is 10.9 Å². The summed E-state index contributed by atoms with van der Waals surface area (Å²) < 4.78 is 6.03. The summed E-state index contributed by atoms with van der Waals surface area (Å²) in [5, 5.41) is 12.8. The normalized spacial score (nSPS) is 19.4. The molecule has 0 aromatic heterocycles. The van der Waals surface area contributed by atoms with E-state index in [1.54, 1.807) is 0 Å². The van der Waals surface area contributed by atoms with Crippen molar-refractivity contribution in [1.29, 1.82) is 0 Å². The number of fused-ring (bicyclic) bond motifs is 1. The molecule has 1 atom stereocenters. The van der Waals surface area contributed by atoms with Crippen molar-refractivity contribution in [3.05, 3.63) is 65.2 Å². The highest BCUT2D eigenvalue weighted by Gasteiger charge is 2.27. The Hall–Kier alpha value is -2.29. The molecule has 21 heavy (non-hydrogen) atoms. The Morgan fingerprint density at radius 1 is 1.10 bits per heavy atom. The van der Waals surface area contributed by atoms with Crippen molar-refractivity contribution in [2.75, 3.05) is 0 Å². The summed E-state index contributed by atoms with van der Waals surface area (Å²) >= 11 is 0. The van der Waals surface area contributed by atoms with Crippen LogP contribution >= 0.6 is 0 Å². The third-order valence-corrected chi connectivity index (χ3v) is 3.93. The molecule has 0 bridgehead atoms. The van der Waals surface area contributed by atoms with Crippen LogP contribution in [-0.2, 0) is 6.42 Å². The molecule has 3 rings (SSSR count). The number of ether oxygens (including phenoxy) is 1. The maximum absolute atomic E-state index is 9.30. The molecule has 1 unspecified atom stereocenters. The number of rotatable bonds is 2. The highest BCUT2D eigenvalue weighted by atomic mass is 16.5. The van der Waals surface area contributed by atoms with E-state index in [1.807, 2.05) is 24.3 Å². The summed E-state index contributed by atoms with van der Waals surface area (Å²) in [6.07, 6.45) is 0.301. The van der Waals surface area contributed by atoms with E-state index in [4.69, 9.17) is 4.74 Å². The molecule has 1 aliphatic rings. The predicted molar refractivity (Wildman–Crippen MR) is 83.3 cm³/mol. The van der Waals surface area contributed by atoms with Gasteiger partial charge < -0.3 is 9.94 Å². The Morgan fingerprint density at radius 2 is 1.81 bits per heavy atom. The summed E-state index contributed by atoms with van der Waals surface area (Å²) in [5.74, 6) is 1.36. The van der Waals surface area contributed by atoms with E-state index in [1.165, 1.54) is 5.56 Å². The highest BCUT2D eigenvalue weighted by molar-refractivity contribution is 5.93. The average molecular weight is 281 g/mol. The van der Waals surface area contributed by atoms with Crippen molar-refractivity contribution in [3.8, 4) is 5.75 Å². The number of hydrogen-bond acceptors (Lipinski definition) is 3. The molecule has 0 spiro atoms. The molecule has 0 aliphatic carbocycles. The molecule has 0 saturated carbocycles. The maximum Gasteiger partial charge on any atom is 0.165 e. The fraction of sp³-hybridized carbons (Fsp3) is 0.278. The predicted octanol–water partition coefficient (Wildman–Crippen LogP) is 4.32. The van der Waals surface area contributed by atoms with Gasteiger partial charge in [-0.3, -0.25) is 0 Å². The zero-order valence-corrected chi connectivity index (χ0v) is 12.3. The zero-order chi connectivity index (χ0) is 14.8. The fourth-order valence-electron chi connectivity index (χ4n) is 2.65. The molecule has 2 aromatic carbocycles. The molecule has 0 saturated heterocycles. The first kappa shape index (κ1) is 13.7. The van der Waals surface area contributed by atoms with Gasteiger partial charge in [0.15, 0.2) is 6.10 Å². The van der Waals surface area contributed by atoms with E-state index in [2.05, 4.69) is 43.3 Å². The molecular formula is C18H19NO2. The topological polar surface area (TPSA) is 41.8 Å². The molecule has 3 heteroatoms. The van der Waals surface area contributed by atoms with E-state index in [0.717, 1.165) is 16.9 Å². The van der Waals surface area contributed by atoms with Crippen molar-refractivity contribution in [2.24, 2.45) is 5.16 Å². The first-order valence-corrected chi connectivity index (χ1v) is 7.24. The minimum atomic E-state index is -0.314. The lowest BCUT2D eigenvalue weighted by atomic mass is 9.93. The van der Waals surface area contributed by atoms with Gasteiger partial charge in [0.2, 0.25) is 0 Å². The largest absolute Gasteiger partial charge is 0.479 e.